The first-order chi connectivity index (χ1) is 13.9. The van der Waals surface area contributed by atoms with Crippen LogP contribution >= 0.6 is 0 Å². The van der Waals surface area contributed by atoms with E-state index < -0.39 is 0 Å². The second-order valence-corrected chi connectivity index (χ2v) is 7.49. The molecule has 4 heterocycles. The van der Waals surface area contributed by atoms with Crippen LogP contribution in [0.15, 0.2) is 18.3 Å². The zero-order chi connectivity index (χ0) is 20.5. The maximum absolute atomic E-state index is 13.0. The molecule has 2 aromatic heterocycles. The maximum atomic E-state index is 13.0. The van der Waals surface area contributed by atoms with Gasteiger partial charge in [-0.25, -0.2) is 4.98 Å². The Kier molecular flexibility index (Phi) is 5.10. The van der Waals surface area contributed by atoms with E-state index in [1.54, 1.807) is 24.2 Å². The van der Waals surface area contributed by atoms with E-state index in [4.69, 9.17) is 4.74 Å². The van der Waals surface area contributed by atoms with Crippen molar-refractivity contribution in [3.8, 4) is 0 Å². The Morgan fingerprint density at radius 1 is 1.07 bits per heavy atom. The molecular weight excluding hydrogens is 370 g/mol. The van der Waals surface area contributed by atoms with Crippen molar-refractivity contribution in [3.63, 3.8) is 0 Å². The second-order valence-electron chi connectivity index (χ2n) is 7.49. The molecule has 8 heteroatoms. The third kappa shape index (κ3) is 3.75. The molecule has 0 radical (unpaired) electrons. The van der Waals surface area contributed by atoms with Gasteiger partial charge in [-0.3, -0.25) is 9.59 Å². The lowest BCUT2D eigenvalue weighted by atomic mass is 10.1. The Bertz CT molecular complexity index is 994. The number of aromatic amines is 1. The number of rotatable bonds is 0. The van der Waals surface area contributed by atoms with Gasteiger partial charge in [-0.15, -0.1) is 0 Å². The van der Waals surface area contributed by atoms with Crippen molar-refractivity contribution in [2.75, 3.05) is 50.6 Å². The van der Waals surface area contributed by atoms with Crippen molar-refractivity contribution in [2.45, 2.75) is 13.3 Å². The molecule has 2 aliphatic heterocycles. The number of nitrogens with zero attached hydrogens (tertiary/aromatic N) is 3. The molecule has 2 N–H and O–H groups in total. The number of anilines is 2. The van der Waals surface area contributed by atoms with Gasteiger partial charge in [0.25, 0.3) is 11.8 Å². The Morgan fingerprint density at radius 2 is 1.90 bits per heavy atom. The highest BCUT2D eigenvalue weighted by Crippen LogP contribution is 2.35. The number of likely N-dealkylation sites (N-methyl/N-ethyl adjacent to an activating group) is 1. The molecule has 0 atom stereocenters. The van der Waals surface area contributed by atoms with Crippen LogP contribution in [0.2, 0.25) is 0 Å². The van der Waals surface area contributed by atoms with Gasteiger partial charge < -0.3 is 24.8 Å². The highest BCUT2D eigenvalue weighted by Gasteiger charge is 2.27. The molecule has 152 valence electrons. The van der Waals surface area contributed by atoms with E-state index >= 15 is 0 Å². The van der Waals surface area contributed by atoms with E-state index in [0.29, 0.717) is 42.3 Å². The van der Waals surface area contributed by atoms with Crippen molar-refractivity contribution >= 4 is 35.0 Å². The average molecular weight is 395 g/mol. The first-order valence-electron chi connectivity index (χ1n) is 9.71. The van der Waals surface area contributed by atoms with Gasteiger partial charge in [-0.1, -0.05) is 0 Å². The Morgan fingerprint density at radius 3 is 2.72 bits per heavy atom. The van der Waals surface area contributed by atoms with Crippen LogP contribution in [-0.4, -0.2) is 67.1 Å². The highest BCUT2D eigenvalue weighted by atomic mass is 16.5. The Hall–Kier alpha value is -3.13. The monoisotopic (exact) mass is 395 g/mol. The van der Waals surface area contributed by atoms with Crippen LogP contribution in [0, 0.1) is 6.92 Å². The normalized spacial score (nSPS) is 19.6. The third-order valence-corrected chi connectivity index (χ3v) is 5.27. The summed E-state index contributed by atoms with van der Waals surface area (Å²) < 4.78 is 5.69. The number of hydrogen-bond acceptors (Lipinski definition) is 5. The van der Waals surface area contributed by atoms with Gasteiger partial charge in [0.05, 0.1) is 35.3 Å². The molecule has 0 aliphatic carbocycles. The van der Waals surface area contributed by atoms with Crippen molar-refractivity contribution in [1.82, 2.24) is 14.9 Å². The Balaban J connectivity index is 1.82. The molecule has 2 bridgehead atoms. The van der Waals surface area contributed by atoms with Crippen LogP contribution in [-0.2, 0) is 9.53 Å². The fraction of sp³-hybridized carbons (Fsp3) is 0.381. The maximum Gasteiger partial charge on any atom is 0.256 e. The van der Waals surface area contributed by atoms with Gasteiger partial charge in [0.1, 0.15) is 5.82 Å². The molecule has 0 fully saturated rings. The molecule has 2 aliphatic rings. The number of aromatic nitrogens is 2. The van der Waals surface area contributed by atoms with E-state index in [-0.39, 0.29) is 11.8 Å². The summed E-state index contributed by atoms with van der Waals surface area (Å²) in [4.78, 5) is 37.0. The van der Waals surface area contributed by atoms with E-state index in [1.807, 2.05) is 26.1 Å². The van der Waals surface area contributed by atoms with E-state index in [1.165, 1.54) is 0 Å². The number of amides is 2. The summed E-state index contributed by atoms with van der Waals surface area (Å²) in [7, 11) is 3.74. The zero-order valence-corrected chi connectivity index (χ0v) is 16.9. The number of hydrogen-bond donors (Lipinski definition) is 2. The summed E-state index contributed by atoms with van der Waals surface area (Å²) in [5.41, 5.74) is 4.00. The third-order valence-electron chi connectivity index (χ3n) is 5.27. The second kappa shape index (κ2) is 7.71. The molecule has 2 aromatic rings. The number of aryl methyl sites for hydroxylation is 1. The van der Waals surface area contributed by atoms with E-state index in [2.05, 4.69) is 20.2 Å². The van der Waals surface area contributed by atoms with Gasteiger partial charge in [0.15, 0.2) is 0 Å². The van der Waals surface area contributed by atoms with Crippen molar-refractivity contribution in [2.24, 2.45) is 0 Å². The van der Waals surface area contributed by atoms with Crippen LogP contribution in [0.25, 0.3) is 11.6 Å². The first-order valence-corrected chi connectivity index (χ1v) is 9.71. The fourth-order valence-electron chi connectivity index (χ4n) is 3.61. The predicted octanol–water partition coefficient (Wildman–Crippen LogP) is 2.14. The summed E-state index contributed by atoms with van der Waals surface area (Å²) in [6, 6.07) is 3.73. The van der Waals surface area contributed by atoms with Crippen LogP contribution in [0.4, 0.5) is 11.5 Å². The van der Waals surface area contributed by atoms with E-state index in [0.717, 1.165) is 30.0 Å². The minimum atomic E-state index is -0.199. The van der Waals surface area contributed by atoms with Crippen molar-refractivity contribution < 1.29 is 14.3 Å². The summed E-state index contributed by atoms with van der Waals surface area (Å²) in [5.74, 6) is 0.484. The summed E-state index contributed by atoms with van der Waals surface area (Å²) >= 11 is 0. The minimum absolute atomic E-state index is 0.106. The van der Waals surface area contributed by atoms with Gasteiger partial charge in [0.2, 0.25) is 0 Å². The molecule has 0 aromatic carbocycles. The van der Waals surface area contributed by atoms with Gasteiger partial charge in [-0.05, 0) is 31.6 Å². The SMILES string of the molecule is Cc1cc2c([nH]1)/C=C1\C(=O)Nc3cnc(cc31)N(C)CCCOCCN(C)C2=O. The molecular formula is C21H25N5O3. The molecule has 29 heavy (non-hydrogen) atoms. The predicted molar refractivity (Wildman–Crippen MR) is 112 cm³/mol. The molecule has 0 saturated heterocycles. The number of carbonyl (C=O) groups is 2. The minimum Gasteiger partial charge on any atom is -0.380 e. The molecule has 0 saturated carbocycles. The number of nitrogens with one attached hydrogen (secondary N) is 2. The van der Waals surface area contributed by atoms with E-state index in [9.17, 15) is 9.59 Å². The van der Waals surface area contributed by atoms with Crippen LogP contribution < -0.4 is 10.2 Å². The standard InChI is InChI=1S/C21H25N5O3/c1-13-9-16-17(23-13)10-15-14-11-19(22-12-18(14)24-20(15)27)25(2)5-4-7-29-8-6-26(3)21(16)28/h9-12,23H,4-8H2,1-3H3,(H,24,27)/b15-10-. The number of fused-ring (bicyclic) bond motifs is 2. The molecule has 8 nitrogen and oxygen atoms in total. The molecule has 2 amide bonds. The summed E-state index contributed by atoms with van der Waals surface area (Å²) in [5, 5.41) is 2.86. The Labute approximate surface area is 169 Å². The smallest absolute Gasteiger partial charge is 0.256 e. The van der Waals surface area contributed by atoms with Gasteiger partial charge in [0, 0.05) is 45.0 Å². The summed E-state index contributed by atoms with van der Waals surface area (Å²) in [6.45, 7) is 4.26. The number of pyridine rings is 1. The number of ether oxygens (including phenoxy) is 1. The molecule has 4 rings (SSSR count). The largest absolute Gasteiger partial charge is 0.380 e. The van der Waals surface area contributed by atoms with Crippen molar-refractivity contribution in [1.29, 1.82) is 0 Å². The van der Waals surface area contributed by atoms with Gasteiger partial charge >= 0.3 is 0 Å². The molecule has 0 spiro atoms. The fourth-order valence-corrected chi connectivity index (χ4v) is 3.61. The summed E-state index contributed by atoms with van der Waals surface area (Å²) in [6.07, 6.45) is 4.27. The lowest BCUT2D eigenvalue weighted by Crippen LogP contribution is -2.30. The van der Waals surface area contributed by atoms with Crippen LogP contribution in [0.3, 0.4) is 0 Å². The first kappa shape index (κ1) is 19.2. The number of carbonyl (C=O) groups excluding carboxylic acids is 2. The van der Waals surface area contributed by atoms with Crippen molar-refractivity contribution in [3.05, 3.63) is 40.8 Å². The van der Waals surface area contributed by atoms with Gasteiger partial charge in [-0.2, -0.15) is 0 Å². The van der Waals surface area contributed by atoms with Crippen LogP contribution in [0.5, 0.6) is 0 Å². The average Bonchev–Trinajstić information content (AvgIpc) is 3.22. The highest BCUT2D eigenvalue weighted by molar-refractivity contribution is 6.35. The zero-order valence-electron chi connectivity index (χ0n) is 16.9. The molecule has 0 unspecified atom stereocenters. The number of H-pyrrole nitrogens is 1. The lowest BCUT2D eigenvalue weighted by molar-refractivity contribution is -0.110. The lowest BCUT2D eigenvalue weighted by Gasteiger charge is -2.20. The quantitative estimate of drug-likeness (QED) is 0.713. The van der Waals surface area contributed by atoms with Crippen LogP contribution in [0.1, 0.15) is 33.7 Å². The topological polar surface area (TPSA) is 90.6 Å².